The molecule has 6 heteroatoms. The van der Waals surface area contributed by atoms with Crippen LogP contribution in [-0.2, 0) is 6.42 Å². The molecule has 1 aliphatic rings. The molecular formula is C18H25N3O3. The molecule has 0 aromatic carbocycles. The molecule has 1 saturated heterocycles. The van der Waals surface area contributed by atoms with Crippen LogP contribution >= 0.6 is 0 Å². The summed E-state index contributed by atoms with van der Waals surface area (Å²) in [6.07, 6.45) is 6.25. The number of rotatable bonds is 5. The van der Waals surface area contributed by atoms with Gasteiger partial charge in [0.1, 0.15) is 17.6 Å². The number of furan rings is 1. The van der Waals surface area contributed by atoms with Crippen molar-refractivity contribution < 1.29 is 14.3 Å². The quantitative estimate of drug-likeness (QED) is 0.882. The lowest BCUT2D eigenvalue weighted by molar-refractivity contribution is 0.0552. The molecule has 1 amide bonds. The molecule has 0 spiro atoms. The normalized spacial score (nSPS) is 19.9. The van der Waals surface area contributed by atoms with Gasteiger partial charge in [0.2, 0.25) is 0 Å². The summed E-state index contributed by atoms with van der Waals surface area (Å²) < 4.78 is 5.30. The topological polar surface area (TPSA) is 82.4 Å². The highest BCUT2D eigenvalue weighted by molar-refractivity contribution is 5.92. The van der Waals surface area contributed by atoms with Gasteiger partial charge >= 0.3 is 0 Å². The Bertz CT molecular complexity index is 650. The molecule has 2 atom stereocenters. The number of nitrogens with zero attached hydrogens (tertiary/aromatic N) is 2. The lowest BCUT2D eigenvalue weighted by Crippen LogP contribution is -2.41. The van der Waals surface area contributed by atoms with Crippen molar-refractivity contribution in [2.75, 3.05) is 6.54 Å². The van der Waals surface area contributed by atoms with Gasteiger partial charge in [-0.2, -0.15) is 5.10 Å². The van der Waals surface area contributed by atoms with Crippen molar-refractivity contribution in [1.29, 1.82) is 0 Å². The maximum atomic E-state index is 12.9. The molecule has 2 aromatic heterocycles. The first kappa shape index (κ1) is 16.8. The van der Waals surface area contributed by atoms with Crippen LogP contribution in [-0.4, -0.2) is 38.7 Å². The highest BCUT2D eigenvalue weighted by Crippen LogP contribution is 2.27. The summed E-state index contributed by atoms with van der Waals surface area (Å²) in [5.74, 6) is 0.504. The first-order valence-electron chi connectivity index (χ1n) is 8.75. The minimum atomic E-state index is -0.691. The largest absolute Gasteiger partial charge is 0.467 e. The van der Waals surface area contributed by atoms with E-state index in [0.717, 1.165) is 37.8 Å². The monoisotopic (exact) mass is 331 g/mol. The van der Waals surface area contributed by atoms with E-state index in [1.165, 1.54) is 0 Å². The fraction of sp³-hybridized carbons (Fsp3) is 0.556. The van der Waals surface area contributed by atoms with Gasteiger partial charge in [-0.05, 0) is 37.5 Å². The third kappa shape index (κ3) is 3.70. The van der Waals surface area contributed by atoms with Crippen LogP contribution in [0.2, 0.25) is 0 Å². The van der Waals surface area contributed by atoms with Crippen molar-refractivity contribution in [2.24, 2.45) is 0 Å². The molecule has 0 bridgehead atoms. The van der Waals surface area contributed by atoms with Gasteiger partial charge in [0, 0.05) is 24.7 Å². The highest BCUT2D eigenvalue weighted by atomic mass is 16.4. The Hall–Kier alpha value is -2.08. The molecular weight excluding hydrogens is 306 g/mol. The number of hydrogen-bond acceptors (Lipinski definition) is 4. The van der Waals surface area contributed by atoms with Crippen LogP contribution in [0.5, 0.6) is 0 Å². The van der Waals surface area contributed by atoms with Crippen molar-refractivity contribution in [3.8, 4) is 0 Å². The number of aromatic nitrogens is 2. The molecule has 0 unspecified atom stereocenters. The van der Waals surface area contributed by atoms with Gasteiger partial charge < -0.3 is 14.4 Å². The van der Waals surface area contributed by atoms with Crippen LogP contribution in [0.3, 0.4) is 0 Å². The van der Waals surface area contributed by atoms with Crippen LogP contribution in [0.4, 0.5) is 0 Å². The van der Waals surface area contributed by atoms with Crippen LogP contribution in [0, 0.1) is 0 Å². The Balaban J connectivity index is 1.75. The Morgan fingerprint density at radius 1 is 1.50 bits per heavy atom. The average Bonchev–Trinajstić information content (AvgIpc) is 3.23. The smallest absolute Gasteiger partial charge is 0.274 e. The van der Waals surface area contributed by atoms with Crippen molar-refractivity contribution in [3.05, 3.63) is 41.6 Å². The molecule has 0 aliphatic carbocycles. The van der Waals surface area contributed by atoms with Crippen molar-refractivity contribution in [3.63, 3.8) is 0 Å². The summed E-state index contributed by atoms with van der Waals surface area (Å²) in [6, 6.07) is 5.37. The SMILES string of the molecule is CCc1cc(C(=O)N2CCCCC[C@@H]2C[C@H](O)c2ccco2)n[nH]1. The fourth-order valence-corrected chi connectivity index (χ4v) is 3.34. The molecule has 2 N–H and O–H groups in total. The van der Waals surface area contributed by atoms with E-state index >= 15 is 0 Å². The Morgan fingerprint density at radius 2 is 2.38 bits per heavy atom. The number of likely N-dealkylation sites (tertiary alicyclic amines) is 1. The average molecular weight is 331 g/mol. The number of amides is 1. The lowest BCUT2D eigenvalue weighted by Gasteiger charge is -2.30. The number of carbonyl (C=O) groups is 1. The number of aliphatic hydroxyl groups excluding tert-OH is 1. The molecule has 2 aromatic rings. The van der Waals surface area contributed by atoms with Crippen LogP contribution in [0.25, 0.3) is 0 Å². The number of aromatic amines is 1. The molecule has 6 nitrogen and oxygen atoms in total. The van der Waals surface area contributed by atoms with Crippen LogP contribution < -0.4 is 0 Å². The predicted octanol–water partition coefficient (Wildman–Crippen LogP) is 3.07. The van der Waals surface area contributed by atoms with Crippen LogP contribution in [0.1, 0.15) is 67.1 Å². The summed E-state index contributed by atoms with van der Waals surface area (Å²) >= 11 is 0. The number of carbonyl (C=O) groups excluding carboxylic acids is 1. The van der Waals surface area contributed by atoms with E-state index in [1.54, 1.807) is 18.4 Å². The molecule has 130 valence electrons. The van der Waals surface area contributed by atoms with E-state index in [9.17, 15) is 9.90 Å². The predicted molar refractivity (Wildman–Crippen MR) is 89.5 cm³/mol. The highest BCUT2D eigenvalue weighted by Gasteiger charge is 2.30. The second-order valence-corrected chi connectivity index (χ2v) is 6.40. The third-order valence-corrected chi connectivity index (χ3v) is 4.74. The molecule has 24 heavy (non-hydrogen) atoms. The number of H-pyrrole nitrogens is 1. The van der Waals surface area contributed by atoms with Crippen molar-refractivity contribution in [2.45, 2.75) is 57.6 Å². The zero-order valence-electron chi connectivity index (χ0n) is 14.1. The maximum Gasteiger partial charge on any atom is 0.274 e. The van der Waals surface area contributed by atoms with E-state index in [0.29, 0.717) is 24.4 Å². The van der Waals surface area contributed by atoms with Crippen molar-refractivity contribution in [1.82, 2.24) is 15.1 Å². The van der Waals surface area contributed by atoms with Crippen molar-refractivity contribution >= 4 is 5.91 Å². The lowest BCUT2D eigenvalue weighted by atomic mass is 10.0. The zero-order valence-corrected chi connectivity index (χ0v) is 14.1. The number of aryl methyl sites for hydroxylation is 1. The summed E-state index contributed by atoms with van der Waals surface area (Å²) in [6.45, 7) is 2.74. The molecule has 1 aliphatic heterocycles. The van der Waals surface area contributed by atoms with Gasteiger partial charge in [0.25, 0.3) is 5.91 Å². The molecule has 0 saturated carbocycles. The van der Waals surface area contributed by atoms with Gasteiger partial charge in [-0.25, -0.2) is 0 Å². The first-order valence-corrected chi connectivity index (χ1v) is 8.75. The van der Waals surface area contributed by atoms with E-state index in [-0.39, 0.29) is 11.9 Å². The van der Waals surface area contributed by atoms with Gasteiger partial charge in [0.05, 0.1) is 6.26 Å². The fourth-order valence-electron chi connectivity index (χ4n) is 3.34. The second kappa shape index (κ2) is 7.66. The summed E-state index contributed by atoms with van der Waals surface area (Å²) in [7, 11) is 0. The summed E-state index contributed by atoms with van der Waals surface area (Å²) in [5, 5.41) is 17.5. The maximum absolute atomic E-state index is 12.9. The van der Waals surface area contributed by atoms with E-state index in [1.807, 2.05) is 17.9 Å². The van der Waals surface area contributed by atoms with Gasteiger partial charge in [-0.15, -0.1) is 0 Å². The summed E-state index contributed by atoms with van der Waals surface area (Å²) in [4.78, 5) is 14.8. The second-order valence-electron chi connectivity index (χ2n) is 6.40. The summed E-state index contributed by atoms with van der Waals surface area (Å²) in [5.41, 5.74) is 1.42. The Kier molecular flexibility index (Phi) is 5.35. The van der Waals surface area contributed by atoms with Gasteiger partial charge in [-0.3, -0.25) is 9.89 Å². The minimum Gasteiger partial charge on any atom is -0.467 e. The molecule has 3 heterocycles. The standard InChI is InChI=1S/C18H25N3O3/c1-2-13-11-15(20-19-13)18(23)21-9-5-3-4-7-14(21)12-16(22)17-8-6-10-24-17/h6,8,10-11,14,16,22H,2-5,7,9,12H2,1H3,(H,19,20)/t14-,16+/m1/s1. The molecule has 1 fully saturated rings. The molecule has 3 rings (SSSR count). The van der Waals surface area contributed by atoms with E-state index < -0.39 is 6.10 Å². The van der Waals surface area contributed by atoms with Crippen LogP contribution in [0.15, 0.2) is 28.9 Å². The number of hydrogen-bond donors (Lipinski definition) is 2. The Morgan fingerprint density at radius 3 is 3.08 bits per heavy atom. The van der Waals surface area contributed by atoms with E-state index in [2.05, 4.69) is 10.2 Å². The first-order chi connectivity index (χ1) is 11.7. The third-order valence-electron chi connectivity index (χ3n) is 4.74. The van der Waals surface area contributed by atoms with Gasteiger partial charge in [0.15, 0.2) is 0 Å². The molecule has 0 radical (unpaired) electrons. The number of aliphatic hydroxyl groups is 1. The zero-order chi connectivity index (χ0) is 16.9. The minimum absolute atomic E-state index is 0.00174. The Labute approximate surface area is 141 Å². The van der Waals surface area contributed by atoms with E-state index in [4.69, 9.17) is 4.42 Å². The number of nitrogens with one attached hydrogen (secondary N) is 1. The van der Waals surface area contributed by atoms with Gasteiger partial charge in [-0.1, -0.05) is 19.8 Å².